The average molecular weight is 369 g/mol. The summed E-state index contributed by atoms with van der Waals surface area (Å²) in [7, 11) is 0. The zero-order chi connectivity index (χ0) is 19.8. The summed E-state index contributed by atoms with van der Waals surface area (Å²) in [6.07, 6.45) is 9.90. The first-order valence-electron chi connectivity index (χ1n) is 10.1. The monoisotopic (exact) mass is 368 g/mol. The Bertz CT molecular complexity index is 773. The molecule has 1 aliphatic rings. The van der Waals surface area contributed by atoms with Crippen LogP contribution in [-0.2, 0) is 6.42 Å². The molecule has 0 bridgehead atoms. The van der Waals surface area contributed by atoms with Gasteiger partial charge in [0.05, 0.1) is 0 Å². The molecule has 2 aromatic carbocycles. The number of phenolic OH excluding ortho intramolecular Hbond substituents is 3. The zero-order valence-corrected chi connectivity index (χ0v) is 16.8. The van der Waals surface area contributed by atoms with Crippen LogP contribution in [0, 0.1) is 6.92 Å². The molecule has 3 heteroatoms. The molecule has 3 nitrogen and oxygen atoms in total. The van der Waals surface area contributed by atoms with Crippen LogP contribution in [0.2, 0.25) is 0 Å². The minimum absolute atomic E-state index is 0.203. The number of hydrogen-bond donors (Lipinski definition) is 3. The SMILES string of the molecule is CC.Cc1ccc(-c2cc(CCCC3=CCCCC3)c(O)c(O)c2O)cc1. The summed E-state index contributed by atoms with van der Waals surface area (Å²) in [5.41, 5.74) is 4.71. The van der Waals surface area contributed by atoms with Crippen molar-refractivity contribution >= 4 is 0 Å². The molecule has 0 fully saturated rings. The van der Waals surface area contributed by atoms with Gasteiger partial charge < -0.3 is 15.3 Å². The standard InChI is InChI=1S/C22H26O3.C2H6/c1-15-10-12-17(13-11-15)19-14-18(20(23)22(25)21(19)24)9-5-8-16-6-3-2-4-7-16;1-2/h6,10-14,23-25H,2-5,7-9H2,1H3;1-2H3. The largest absolute Gasteiger partial charge is 0.504 e. The molecule has 0 heterocycles. The number of benzene rings is 2. The topological polar surface area (TPSA) is 60.7 Å². The van der Waals surface area contributed by atoms with E-state index in [1.807, 2.05) is 45.0 Å². The van der Waals surface area contributed by atoms with Crippen molar-refractivity contribution in [1.29, 1.82) is 0 Å². The highest BCUT2D eigenvalue weighted by Crippen LogP contribution is 2.45. The average Bonchev–Trinajstić information content (AvgIpc) is 2.71. The molecule has 0 atom stereocenters. The number of aryl methyl sites for hydroxylation is 2. The first-order chi connectivity index (χ1) is 13.1. The van der Waals surface area contributed by atoms with E-state index in [-0.39, 0.29) is 11.5 Å². The van der Waals surface area contributed by atoms with Gasteiger partial charge in [0.25, 0.3) is 0 Å². The van der Waals surface area contributed by atoms with Crippen LogP contribution in [-0.4, -0.2) is 15.3 Å². The summed E-state index contributed by atoms with van der Waals surface area (Å²) >= 11 is 0. The Morgan fingerprint density at radius 3 is 2.19 bits per heavy atom. The Morgan fingerprint density at radius 2 is 1.56 bits per heavy atom. The lowest BCUT2D eigenvalue weighted by Gasteiger charge is -2.15. The minimum atomic E-state index is -0.426. The van der Waals surface area contributed by atoms with Gasteiger partial charge in [0, 0.05) is 5.56 Å². The molecule has 3 N–H and O–H groups in total. The van der Waals surface area contributed by atoms with E-state index in [0.29, 0.717) is 17.5 Å². The Labute approximate surface area is 163 Å². The first-order valence-corrected chi connectivity index (χ1v) is 10.1. The van der Waals surface area contributed by atoms with Gasteiger partial charge in [0.15, 0.2) is 11.5 Å². The number of hydrogen-bond acceptors (Lipinski definition) is 3. The predicted octanol–water partition coefficient (Wildman–Crippen LogP) is 6.63. The van der Waals surface area contributed by atoms with Gasteiger partial charge in [0.1, 0.15) is 0 Å². The van der Waals surface area contributed by atoms with Gasteiger partial charge in [-0.1, -0.05) is 55.3 Å². The molecular weight excluding hydrogens is 336 g/mol. The van der Waals surface area contributed by atoms with E-state index in [9.17, 15) is 15.3 Å². The molecule has 2 aromatic rings. The third kappa shape index (κ3) is 5.29. The van der Waals surface area contributed by atoms with Crippen LogP contribution in [0.4, 0.5) is 0 Å². The Morgan fingerprint density at radius 1 is 0.852 bits per heavy atom. The van der Waals surface area contributed by atoms with Crippen molar-refractivity contribution < 1.29 is 15.3 Å². The fraction of sp³-hybridized carbons (Fsp3) is 0.417. The third-order valence-electron chi connectivity index (χ3n) is 5.02. The second-order valence-corrected chi connectivity index (χ2v) is 6.96. The maximum absolute atomic E-state index is 10.2. The summed E-state index contributed by atoms with van der Waals surface area (Å²) in [5, 5.41) is 30.6. The molecule has 0 amide bonds. The van der Waals surface area contributed by atoms with Crippen LogP contribution in [0.15, 0.2) is 42.0 Å². The van der Waals surface area contributed by atoms with Crippen molar-refractivity contribution in [2.75, 3.05) is 0 Å². The van der Waals surface area contributed by atoms with Crippen LogP contribution >= 0.6 is 0 Å². The van der Waals surface area contributed by atoms with Crippen molar-refractivity contribution in [3.05, 3.63) is 53.1 Å². The lowest BCUT2D eigenvalue weighted by molar-refractivity contribution is 0.365. The van der Waals surface area contributed by atoms with Crippen LogP contribution in [0.25, 0.3) is 11.1 Å². The van der Waals surface area contributed by atoms with Crippen LogP contribution < -0.4 is 0 Å². The van der Waals surface area contributed by atoms with Crippen LogP contribution in [0.5, 0.6) is 17.2 Å². The van der Waals surface area contributed by atoms with E-state index in [1.165, 1.54) is 31.3 Å². The second kappa shape index (κ2) is 10.1. The fourth-order valence-electron chi connectivity index (χ4n) is 3.48. The highest BCUT2D eigenvalue weighted by molar-refractivity contribution is 5.77. The lowest BCUT2D eigenvalue weighted by Crippen LogP contribution is -1.95. The van der Waals surface area contributed by atoms with Crippen molar-refractivity contribution in [1.82, 2.24) is 0 Å². The number of phenols is 3. The summed E-state index contributed by atoms with van der Waals surface area (Å²) in [6, 6.07) is 9.56. The van der Waals surface area contributed by atoms with Gasteiger partial charge in [-0.15, -0.1) is 0 Å². The Hall–Kier alpha value is -2.42. The highest BCUT2D eigenvalue weighted by Gasteiger charge is 2.17. The smallest absolute Gasteiger partial charge is 0.201 e. The van der Waals surface area contributed by atoms with E-state index in [2.05, 4.69) is 6.08 Å². The molecule has 27 heavy (non-hydrogen) atoms. The summed E-state index contributed by atoms with van der Waals surface area (Å²) in [5.74, 6) is -0.893. The molecule has 0 saturated heterocycles. The predicted molar refractivity (Wildman–Crippen MR) is 112 cm³/mol. The normalized spacial score (nSPS) is 13.5. The van der Waals surface area contributed by atoms with Crippen molar-refractivity contribution in [3.63, 3.8) is 0 Å². The zero-order valence-electron chi connectivity index (χ0n) is 16.8. The van der Waals surface area contributed by atoms with Crippen LogP contribution in [0.1, 0.15) is 63.5 Å². The Kier molecular flexibility index (Phi) is 7.78. The third-order valence-corrected chi connectivity index (χ3v) is 5.02. The molecule has 1 aliphatic carbocycles. The lowest BCUT2D eigenvalue weighted by atomic mass is 9.93. The molecule has 146 valence electrons. The summed E-state index contributed by atoms with van der Waals surface area (Å²) in [6.45, 7) is 6.00. The van der Waals surface area contributed by atoms with Gasteiger partial charge in [-0.2, -0.15) is 0 Å². The van der Waals surface area contributed by atoms with Crippen molar-refractivity contribution in [2.45, 2.75) is 65.7 Å². The van der Waals surface area contributed by atoms with E-state index in [0.717, 1.165) is 24.0 Å². The maximum Gasteiger partial charge on any atom is 0.201 e. The van der Waals surface area contributed by atoms with E-state index in [4.69, 9.17) is 0 Å². The molecule has 0 aliphatic heterocycles. The quantitative estimate of drug-likeness (QED) is 0.410. The van der Waals surface area contributed by atoms with Gasteiger partial charge >= 0.3 is 0 Å². The summed E-state index contributed by atoms with van der Waals surface area (Å²) in [4.78, 5) is 0. The number of rotatable bonds is 5. The molecular formula is C24H32O3. The molecule has 3 rings (SSSR count). The van der Waals surface area contributed by atoms with Crippen molar-refractivity contribution in [3.8, 4) is 28.4 Å². The highest BCUT2D eigenvalue weighted by atomic mass is 16.3. The fourth-order valence-corrected chi connectivity index (χ4v) is 3.48. The maximum atomic E-state index is 10.2. The van der Waals surface area contributed by atoms with Gasteiger partial charge in [0.2, 0.25) is 5.75 Å². The van der Waals surface area contributed by atoms with Gasteiger partial charge in [-0.05, 0) is 69.1 Å². The van der Waals surface area contributed by atoms with E-state index >= 15 is 0 Å². The molecule has 0 saturated carbocycles. The molecule has 0 radical (unpaired) electrons. The molecule has 0 aromatic heterocycles. The second-order valence-electron chi connectivity index (χ2n) is 6.96. The minimum Gasteiger partial charge on any atom is -0.504 e. The Balaban J connectivity index is 0.00000126. The van der Waals surface area contributed by atoms with Crippen LogP contribution in [0.3, 0.4) is 0 Å². The first kappa shape index (κ1) is 20.9. The number of aromatic hydroxyl groups is 3. The molecule has 0 spiro atoms. The summed E-state index contributed by atoms with van der Waals surface area (Å²) < 4.78 is 0. The van der Waals surface area contributed by atoms with Crippen molar-refractivity contribution in [2.24, 2.45) is 0 Å². The van der Waals surface area contributed by atoms with E-state index < -0.39 is 5.75 Å². The molecule has 0 unspecified atom stereocenters. The van der Waals surface area contributed by atoms with E-state index in [1.54, 1.807) is 6.07 Å². The number of allylic oxidation sites excluding steroid dienone is 2. The van der Waals surface area contributed by atoms with Gasteiger partial charge in [-0.25, -0.2) is 0 Å². The van der Waals surface area contributed by atoms with Gasteiger partial charge in [-0.3, -0.25) is 0 Å².